The molecule has 0 amide bonds. The molecule has 0 fully saturated rings. The van der Waals surface area contributed by atoms with Gasteiger partial charge in [-0.05, 0) is 34.2 Å². The van der Waals surface area contributed by atoms with Crippen molar-refractivity contribution in [3.63, 3.8) is 0 Å². The van der Waals surface area contributed by atoms with E-state index >= 15 is 0 Å². The van der Waals surface area contributed by atoms with Crippen LogP contribution in [0.3, 0.4) is 0 Å². The van der Waals surface area contributed by atoms with Crippen LogP contribution in [-0.2, 0) is 0 Å². The van der Waals surface area contributed by atoms with E-state index in [4.69, 9.17) is 15.0 Å². The molecule has 0 aliphatic carbocycles. The molecule has 4 heteroatoms. The Kier molecular flexibility index (Phi) is 5.82. The van der Waals surface area contributed by atoms with Crippen molar-refractivity contribution >= 4 is 44.7 Å². The first kappa shape index (κ1) is 24.2. The Labute approximate surface area is 243 Å². The largest absolute Gasteiger partial charge is 0.298 e. The van der Waals surface area contributed by atoms with E-state index in [1.807, 2.05) is 42.5 Å². The predicted molar refractivity (Wildman–Crippen MR) is 174 cm³/mol. The standard InChI is InChI=1S/C38H26N4/c1-3-11-27(12-4-1)33-23-24-34(40-37(39-33)29-13-5-2-6-14-29)28-21-19-26(20-22-28)32-25-42-36-18-10-9-17-35(36)41-38(42)31-16-8-7-15-30(31)32/h1-23,25H,24H2. The monoisotopic (exact) mass is 538 g/mol. The number of pyridine rings is 1. The summed E-state index contributed by atoms with van der Waals surface area (Å²) in [5, 5.41) is 2.33. The molecule has 8 rings (SSSR count). The summed E-state index contributed by atoms with van der Waals surface area (Å²) >= 11 is 0. The van der Waals surface area contributed by atoms with E-state index in [2.05, 4.69) is 108 Å². The van der Waals surface area contributed by atoms with Crippen molar-refractivity contribution in [2.24, 2.45) is 9.98 Å². The van der Waals surface area contributed by atoms with Gasteiger partial charge in [0.25, 0.3) is 0 Å². The highest BCUT2D eigenvalue weighted by molar-refractivity contribution is 6.15. The minimum atomic E-state index is 0.694. The highest BCUT2D eigenvalue weighted by Crippen LogP contribution is 2.33. The number of nitrogens with zero attached hydrogens (tertiary/aromatic N) is 4. The van der Waals surface area contributed by atoms with Gasteiger partial charge in [0.05, 0.1) is 22.4 Å². The first-order valence-corrected chi connectivity index (χ1v) is 14.2. The van der Waals surface area contributed by atoms with E-state index in [1.165, 1.54) is 10.9 Å². The fraction of sp³-hybridized carbons (Fsp3) is 0.0263. The molecule has 42 heavy (non-hydrogen) atoms. The van der Waals surface area contributed by atoms with Crippen LogP contribution in [0.4, 0.5) is 0 Å². The Bertz CT molecular complexity index is 2190. The summed E-state index contributed by atoms with van der Waals surface area (Å²) < 4.78 is 2.22. The van der Waals surface area contributed by atoms with Crippen LogP contribution in [0.2, 0.25) is 0 Å². The molecule has 3 heterocycles. The minimum Gasteiger partial charge on any atom is -0.298 e. The second-order valence-corrected chi connectivity index (χ2v) is 10.5. The van der Waals surface area contributed by atoms with Gasteiger partial charge < -0.3 is 0 Å². The van der Waals surface area contributed by atoms with Crippen LogP contribution in [0.25, 0.3) is 44.3 Å². The van der Waals surface area contributed by atoms with E-state index in [-0.39, 0.29) is 0 Å². The minimum absolute atomic E-state index is 0.694. The second-order valence-electron chi connectivity index (χ2n) is 10.5. The number of rotatable bonds is 4. The summed E-state index contributed by atoms with van der Waals surface area (Å²) in [6.07, 6.45) is 5.10. The van der Waals surface area contributed by atoms with Crippen molar-refractivity contribution in [1.82, 2.24) is 9.38 Å². The molecule has 5 aromatic carbocycles. The summed E-state index contributed by atoms with van der Waals surface area (Å²) in [6, 6.07) is 46.2. The number of hydrogen-bond acceptors (Lipinski definition) is 3. The summed E-state index contributed by atoms with van der Waals surface area (Å²) in [5.41, 5.74) is 10.5. The van der Waals surface area contributed by atoms with Crippen LogP contribution in [0.15, 0.2) is 156 Å². The molecule has 0 spiro atoms. The summed E-state index contributed by atoms with van der Waals surface area (Å²) in [4.78, 5) is 15.1. The topological polar surface area (TPSA) is 42.0 Å². The fourth-order valence-corrected chi connectivity index (χ4v) is 5.79. The van der Waals surface area contributed by atoms with Gasteiger partial charge in [-0.25, -0.2) is 15.0 Å². The highest BCUT2D eigenvalue weighted by Gasteiger charge is 2.16. The lowest BCUT2D eigenvalue weighted by Crippen LogP contribution is -2.05. The predicted octanol–water partition coefficient (Wildman–Crippen LogP) is 8.99. The van der Waals surface area contributed by atoms with Crippen molar-refractivity contribution in [2.45, 2.75) is 6.42 Å². The number of benzene rings is 5. The molecule has 0 atom stereocenters. The molecule has 0 unspecified atom stereocenters. The zero-order valence-electron chi connectivity index (χ0n) is 22.9. The highest BCUT2D eigenvalue weighted by atomic mass is 15.0. The Morgan fingerprint density at radius 3 is 1.95 bits per heavy atom. The maximum atomic E-state index is 5.11. The van der Waals surface area contributed by atoms with Gasteiger partial charge in [0.1, 0.15) is 5.65 Å². The lowest BCUT2D eigenvalue weighted by Gasteiger charge is -2.11. The van der Waals surface area contributed by atoms with E-state index in [0.717, 1.165) is 61.6 Å². The van der Waals surface area contributed by atoms with Crippen LogP contribution in [-0.4, -0.2) is 20.9 Å². The van der Waals surface area contributed by atoms with E-state index in [0.29, 0.717) is 6.42 Å². The fourth-order valence-electron chi connectivity index (χ4n) is 5.79. The molecule has 2 aromatic heterocycles. The van der Waals surface area contributed by atoms with Crippen LogP contribution in [0, 0.1) is 0 Å². The van der Waals surface area contributed by atoms with Crippen molar-refractivity contribution in [3.8, 4) is 11.1 Å². The molecule has 1 aliphatic rings. The third kappa shape index (κ3) is 4.21. The van der Waals surface area contributed by atoms with Gasteiger partial charge in [-0.2, -0.15) is 0 Å². The summed E-state index contributed by atoms with van der Waals surface area (Å²) in [6.45, 7) is 0. The molecule has 7 aromatic rings. The number of amidine groups is 1. The average Bonchev–Trinajstić information content (AvgIpc) is 3.29. The van der Waals surface area contributed by atoms with Crippen LogP contribution >= 0.6 is 0 Å². The Morgan fingerprint density at radius 1 is 0.524 bits per heavy atom. The van der Waals surface area contributed by atoms with Gasteiger partial charge in [-0.1, -0.05) is 127 Å². The number of fused-ring (bicyclic) bond motifs is 5. The second kappa shape index (κ2) is 10.1. The number of imidazole rings is 1. The van der Waals surface area contributed by atoms with E-state index < -0.39 is 0 Å². The van der Waals surface area contributed by atoms with Gasteiger partial charge in [0.2, 0.25) is 0 Å². The Morgan fingerprint density at radius 2 is 1.17 bits per heavy atom. The van der Waals surface area contributed by atoms with Gasteiger partial charge in [-0.3, -0.25) is 4.40 Å². The molecule has 0 N–H and O–H groups in total. The molecule has 1 aliphatic heterocycles. The van der Waals surface area contributed by atoms with Crippen molar-refractivity contribution < 1.29 is 0 Å². The Balaban J connectivity index is 1.23. The molecule has 4 nitrogen and oxygen atoms in total. The molecule has 0 saturated carbocycles. The maximum Gasteiger partial charge on any atom is 0.160 e. The average molecular weight is 539 g/mol. The van der Waals surface area contributed by atoms with Gasteiger partial charge in [0.15, 0.2) is 5.84 Å². The normalized spacial score (nSPS) is 13.6. The van der Waals surface area contributed by atoms with Crippen LogP contribution in [0.1, 0.15) is 23.1 Å². The zero-order valence-corrected chi connectivity index (χ0v) is 22.9. The van der Waals surface area contributed by atoms with E-state index in [9.17, 15) is 0 Å². The number of hydrogen-bond donors (Lipinski definition) is 0. The lowest BCUT2D eigenvalue weighted by molar-refractivity contribution is 1.25. The first-order valence-electron chi connectivity index (χ1n) is 14.2. The molecule has 0 bridgehead atoms. The van der Waals surface area contributed by atoms with Gasteiger partial charge in [-0.15, -0.1) is 0 Å². The van der Waals surface area contributed by atoms with Gasteiger partial charge >= 0.3 is 0 Å². The number of allylic oxidation sites excluding steroid dienone is 1. The molecule has 198 valence electrons. The molecular weight excluding hydrogens is 512 g/mol. The van der Waals surface area contributed by atoms with E-state index in [1.54, 1.807) is 0 Å². The molecule has 0 saturated heterocycles. The van der Waals surface area contributed by atoms with Crippen LogP contribution < -0.4 is 0 Å². The third-order valence-electron chi connectivity index (χ3n) is 7.90. The SMILES string of the molecule is C1=C(c2ccccc2)N=C(c2ccccc2)N=C(c2ccc(-c3cn4c5ccccc5nc4c4ccccc34)cc2)C1. The van der Waals surface area contributed by atoms with Gasteiger partial charge in [0, 0.05) is 29.1 Å². The van der Waals surface area contributed by atoms with Crippen molar-refractivity contribution in [2.75, 3.05) is 0 Å². The van der Waals surface area contributed by atoms with Crippen LogP contribution in [0.5, 0.6) is 0 Å². The first-order chi connectivity index (χ1) is 20.8. The lowest BCUT2D eigenvalue weighted by atomic mass is 9.97. The quantitative estimate of drug-likeness (QED) is 0.220. The number of para-hydroxylation sites is 2. The molecule has 0 radical (unpaired) electrons. The summed E-state index contributed by atoms with van der Waals surface area (Å²) in [7, 11) is 0. The number of aromatic nitrogens is 2. The van der Waals surface area contributed by atoms with Crippen molar-refractivity contribution in [3.05, 3.63) is 162 Å². The van der Waals surface area contributed by atoms with Crippen molar-refractivity contribution in [1.29, 1.82) is 0 Å². The zero-order chi connectivity index (χ0) is 27.9. The molecular formula is C38H26N4. The third-order valence-corrected chi connectivity index (χ3v) is 7.90. The number of aliphatic imine (C=N–C) groups is 2. The maximum absolute atomic E-state index is 5.11. The Hall–Kier alpha value is -5.61. The smallest absolute Gasteiger partial charge is 0.160 e. The summed E-state index contributed by atoms with van der Waals surface area (Å²) in [5.74, 6) is 0.728.